The van der Waals surface area contributed by atoms with Gasteiger partial charge in [0.15, 0.2) is 5.82 Å². The van der Waals surface area contributed by atoms with Crippen LogP contribution in [0.5, 0.6) is 0 Å². The smallest absolute Gasteiger partial charge is 0.238 e. The fraction of sp³-hybridized carbons (Fsp3) is 0.143. The Bertz CT molecular complexity index is 290. The van der Waals surface area contributed by atoms with Crippen LogP contribution in [-0.2, 0) is 4.79 Å². The number of carbonyl (C=O) groups excluding carboxylic acids is 1. The van der Waals surface area contributed by atoms with Crippen LogP contribution in [-0.4, -0.2) is 17.4 Å². The van der Waals surface area contributed by atoms with Crippen LogP contribution in [0.15, 0.2) is 18.5 Å². The number of carbonyl (C=O) groups is 1. The molecule has 3 N–H and O–H groups in total. The Hall–Kier alpha value is -1.49. The highest BCUT2D eigenvalue weighted by Crippen LogP contribution is 2.09. The monoisotopic (exact) mass is 169 g/mol. The summed E-state index contributed by atoms with van der Waals surface area (Å²) >= 11 is 0. The molecule has 1 amide bonds. The minimum atomic E-state index is -0.570. The molecule has 64 valence electrons. The number of hydrogen-bond donors (Lipinski definition) is 2. The van der Waals surface area contributed by atoms with Gasteiger partial charge in [0.1, 0.15) is 0 Å². The van der Waals surface area contributed by atoms with E-state index >= 15 is 0 Å². The van der Waals surface area contributed by atoms with Crippen LogP contribution in [0.2, 0.25) is 0 Å². The maximum absolute atomic E-state index is 12.8. The number of amides is 1. The van der Waals surface area contributed by atoms with Crippen LogP contribution < -0.4 is 11.1 Å². The van der Waals surface area contributed by atoms with Crippen LogP contribution in [0.1, 0.15) is 0 Å². The van der Waals surface area contributed by atoms with E-state index in [9.17, 15) is 9.18 Å². The summed E-state index contributed by atoms with van der Waals surface area (Å²) in [5.74, 6) is -1.00. The maximum atomic E-state index is 12.8. The van der Waals surface area contributed by atoms with Crippen LogP contribution in [0.3, 0.4) is 0 Å². The lowest BCUT2D eigenvalue weighted by Crippen LogP contribution is -2.22. The molecule has 0 bridgehead atoms. The number of nitrogens with two attached hydrogens (primary N) is 1. The molecule has 0 aliphatic carbocycles. The second-order valence-corrected chi connectivity index (χ2v) is 2.11. The average Bonchev–Trinajstić information content (AvgIpc) is 2.09. The summed E-state index contributed by atoms with van der Waals surface area (Å²) in [6, 6.07) is 1.36. The molecule has 0 atom stereocenters. The highest BCUT2D eigenvalue weighted by molar-refractivity contribution is 5.92. The van der Waals surface area contributed by atoms with Crippen molar-refractivity contribution >= 4 is 11.6 Å². The van der Waals surface area contributed by atoms with Gasteiger partial charge in [0, 0.05) is 6.20 Å². The van der Waals surface area contributed by atoms with Gasteiger partial charge in [-0.15, -0.1) is 0 Å². The molecule has 0 aromatic carbocycles. The van der Waals surface area contributed by atoms with E-state index in [1.54, 1.807) is 0 Å². The normalized spacial score (nSPS) is 9.50. The second-order valence-electron chi connectivity index (χ2n) is 2.11. The Morgan fingerprint density at radius 1 is 1.75 bits per heavy atom. The van der Waals surface area contributed by atoms with Crippen LogP contribution in [0.25, 0.3) is 0 Å². The van der Waals surface area contributed by atoms with E-state index in [1.807, 2.05) is 0 Å². The van der Waals surface area contributed by atoms with E-state index in [0.29, 0.717) is 0 Å². The van der Waals surface area contributed by atoms with Crippen molar-refractivity contribution in [1.82, 2.24) is 4.98 Å². The van der Waals surface area contributed by atoms with Gasteiger partial charge in [0.05, 0.1) is 18.4 Å². The Morgan fingerprint density at radius 3 is 3.08 bits per heavy atom. The Morgan fingerprint density at radius 2 is 2.50 bits per heavy atom. The van der Waals surface area contributed by atoms with Crippen molar-refractivity contribution in [2.75, 3.05) is 11.9 Å². The first-order valence-electron chi connectivity index (χ1n) is 3.33. The number of aromatic nitrogens is 1. The molecule has 0 radical (unpaired) electrons. The molecule has 0 unspecified atom stereocenters. The third-order valence-corrected chi connectivity index (χ3v) is 1.23. The molecule has 0 spiro atoms. The first-order valence-corrected chi connectivity index (χ1v) is 3.33. The summed E-state index contributed by atoms with van der Waals surface area (Å²) in [5.41, 5.74) is 5.12. The lowest BCUT2D eigenvalue weighted by atomic mass is 10.4. The molecule has 1 heterocycles. The van der Waals surface area contributed by atoms with E-state index in [-0.39, 0.29) is 12.2 Å². The van der Waals surface area contributed by atoms with E-state index < -0.39 is 11.7 Å². The minimum Gasteiger partial charge on any atom is -0.322 e. The van der Waals surface area contributed by atoms with Crippen molar-refractivity contribution in [3.63, 3.8) is 0 Å². The SMILES string of the molecule is NCC(=O)Nc1ccncc1F. The van der Waals surface area contributed by atoms with E-state index in [0.717, 1.165) is 6.20 Å². The van der Waals surface area contributed by atoms with Gasteiger partial charge >= 0.3 is 0 Å². The van der Waals surface area contributed by atoms with E-state index in [4.69, 9.17) is 5.73 Å². The van der Waals surface area contributed by atoms with Crippen LogP contribution in [0, 0.1) is 5.82 Å². The van der Waals surface area contributed by atoms with Crippen molar-refractivity contribution in [2.45, 2.75) is 0 Å². The molecule has 12 heavy (non-hydrogen) atoms. The molecular weight excluding hydrogens is 161 g/mol. The number of anilines is 1. The summed E-state index contributed by atoms with van der Waals surface area (Å²) in [5, 5.41) is 2.28. The third-order valence-electron chi connectivity index (χ3n) is 1.23. The number of rotatable bonds is 2. The number of hydrogen-bond acceptors (Lipinski definition) is 3. The molecule has 1 rings (SSSR count). The Labute approximate surface area is 68.6 Å². The number of pyridine rings is 1. The molecule has 5 heteroatoms. The molecule has 0 aliphatic heterocycles. The maximum Gasteiger partial charge on any atom is 0.238 e. The van der Waals surface area contributed by atoms with Gasteiger partial charge in [-0.1, -0.05) is 0 Å². The highest BCUT2D eigenvalue weighted by atomic mass is 19.1. The quantitative estimate of drug-likeness (QED) is 0.660. The van der Waals surface area contributed by atoms with Crippen molar-refractivity contribution < 1.29 is 9.18 Å². The molecule has 1 aromatic heterocycles. The van der Waals surface area contributed by atoms with Gasteiger partial charge in [-0.25, -0.2) is 4.39 Å². The first kappa shape index (κ1) is 8.61. The molecule has 0 saturated heterocycles. The van der Waals surface area contributed by atoms with Crippen LogP contribution in [0.4, 0.5) is 10.1 Å². The lowest BCUT2D eigenvalue weighted by Gasteiger charge is -2.02. The number of halogens is 1. The molecule has 0 aliphatic rings. The lowest BCUT2D eigenvalue weighted by molar-refractivity contribution is -0.114. The minimum absolute atomic E-state index is 0.0976. The molecule has 0 saturated carbocycles. The summed E-state index contributed by atoms with van der Waals surface area (Å²) in [6.45, 7) is -0.165. The second kappa shape index (κ2) is 3.77. The van der Waals surface area contributed by atoms with Gasteiger partial charge in [-0.3, -0.25) is 9.78 Å². The summed E-state index contributed by atoms with van der Waals surface area (Å²) in [4.78, 5) is 14.2. The largest absolute Gasteiger partial charge is 0.322 e. The third kappa shape index (κ3) is 2.00. The molecule has 1 aromatic rings. The fourth-order valence-electron chi connectivity index (χ4n) is 0.678. The van der Waals surface area contributed by atoms with Crippen molar-refractivity contribution in [1.29, 1.82) is 0 Å². The van der Waals surface area contributed by atoms with Crippen molar-refractivity contribution in [2.24, 2.45) is 5.73 Å². The average molecular weight is 169 g/mol. The van der Waals surface area contributed by atoms with Gasteiger partial charge in [-0.2, -0.15) is 0 Å². The summed E-state index contributed by atoms with van der Waals surface area (Å²) in [6.07, 6.45) is 2.40. The summed E-state index contributed by atoms with van der Waals surface area (Å²) < 4.78 is 12.8. The number of nitrogens with one attached hydrogen (secondary N) is 1. The molecular formula is C7H8FN3O. The topological polar surface area (TPSA) is 68.0 Å². The van der Waals surface area contributed by atoms with Gasteiger partial charge in [0.2, 0.25) is 5.91 Å². The predicted octanol–water partition coefficient (Wildman–Crippen LogP) is 0.118. The molecule has 0 fully saturated rings. The standard InChI is InChI=1S/C7H8FN3O/c8-5-4-10-2-1-6(5)11-7(12)3-9/h1-2,4H,3,9H2,(H,10,11,12). The first-order chi connectivity index (χ1) is 5.74. The summed E-state index contributed by atoms with van der Waals surface area (Å²) in [7, 11) is 0. The predicted molar refractivity (Wildman–Crippen MR) is 41.9 cm³/mol. The fourth-order valence-corrected chi connectivity index (χ4v) is 0.678. The van der Waals surface area contributed by atoms with Gasteiger partial charge in [0.25, 0.3) is 0 Å². The Balaban J connectivity index is 2.75. The Kier molecular flexibility index (Phi) is 2.71. The zero-order chi connectivity index (χ0) is 8.97. The van der Waals surface area contributed by atoms with E-state index in [1.165, 1.54) is 12.3 Å². The van der Waals surface area contributed by atoms with E-state index in [2.05, 4.69) is 10.3 Å². The van der Waals surface area contributed by atoms with Crippen molar-refractivity contribution in [3.8, 4) is 0 Å². The zero-order valence-electron chi connectivity index (χ0n) is 6.25. The zero-order valence-corrected chi connectivity index (χ0v) is 6.25. The van der Waals surface area contributed by atoms with Gasteiger partial charge < -0.3 is 11.1 Å². The van der Waals surface area contributed by atoms with Crippen molar-refractivity contribution in [3.05, 3.63) is 24.3 Å². The molecule has 4 nitrogen and oxygen atoms in total. The van der Waals surface area contributed by atoms with Gasteiger partial charge in [-0.05, 0) is 6.07 Å². The number of nitrogens with zero attached hydrogens (tertiary/aromatic N) is 1. The van der Waals surface area contributed by atoms with Crippen LogP contribution >= 0.6 is 0 Å². The highest BCUT2D eigenvalue weighted by Gasteiger charge is 2.03.